The minimum atomic E-state index is -0.415. The van der Waals surface area contributed by atoms with Gasteiger partial charge in [0, 0.05) is 31.1 Å². The summed E-state index contributed by atoms with van der Waals surface area (Å²) in [5, 5.41) is 6.18. The van der Waals surface area contributed by atoms with E-state index in [9.17, 15) is 9.59 Å². The molecule has 0 saturated carbocycles. The maximum Gasteiger partial charge on any atom is 0.248 e. The number of carbonyl (C=O) groups is 2. The van der Waals surface area contributed by atoms with Gasteiger partial charge in [0.05, 0.1) is 0 Å². The van der Waals surface area contributed by atoms with Crippen molar-refractivity contribution in [2.75, 3.05) is 6.54 Å². The molecule has 1 aromatic rings. The fraction of sp³-hybridized carbons (Fsp3) is 0.385. The maximum atomic E-state index is 11.0. The summed E-state index contributed by atoms with van der Waals surface area (Å²) in [6.45, 7) is 1.33. The number of hydrogen-bond donors (Lipinski definition) is 3. The summed E-state index contributed by atoms with van der Waals surface area (Å²) >= 11 is 0. The molecule has 1 unspecified atom stereocenters. The predicted molar refractivity (Wildman–Crippen MR) is 67.8 cm³/mol. The first kappa shape index (κ1) is 12.6. The SMILES string of the molecule is NC(=O)c1cccc(CNC2CCC(=O)NC2)c1. The van der Waals surface area contributed by atoms with E-state index < -0.39 is 5.91 Å². The van der Waals surface area contributed by atoms with Gasteiger partial charge in [-0.25, -0.2) is 0 Å². The van der Waals surface area contributed by atoms with Crippen LogP contribution >= 0.6 is 0 Å². The van der Waals surface area contributed by atoms with Crippen molar-refractivity contribution in [1.82, 2.24) is 10.6 Å². The van der Waals surface area contributed by atoms with E-state index in [-0.39, 0.29) is 5.91 Å². The van der Waals surface area contributed by atoms with Crippen LogP contribution in [0.2, 0.25) is 0 Å². The second kappa shape index (κ2) is 5.64. The molecular formula is C13H17N3O2. The van der Waals surface area contributed by atoms with Gasteiger partial charge in [0.25, 0.3) is 0 Å². The zero-order valence-electron chi connectivity index (χ0n) is 10.1. The van der Waals surface area contributed by atoms with Gasteiger partial charge in [-0.1, -0.05) is 12.1 Å². The van der Waals surface area contributed by atoms with Crippen molar-refractivity contribution in [2.45, 2.75) is 25.4 Å². The number of hydrogen-bond acceptors (Lipinski definition) is 3. The first-order valence-electron chi connectivity index (χ1n) is 6.04. The monoisotopic (exact) mass is 247 g/mol. The van der Waals surface area contributed by atoms with Crippen molar-refractivity contribution in [1.29, 1.82) is 0 Å². The lowest BCUT2D eigenvalue weighted by atomic mass is 10.1. The van der Waals surface area contributed by atoms with Crippen LogP contribution in [0.15, 0.2) is 24.3 Å². The predicted octanol–water partition coefficient (Wildman–Crippen LogP) is 0.154. The van der Waals surface area contributed by atoms with Crippen molar-refractivity contribution in [3.8, 4) is 0 Å². The zero-order valence-corrected chi connectivity index (χ0v) is 10.1. The van der Waals surface area contributed by atoms with E-state index in [1.165, 1.54) is 0 Å². The minimum Gasteiger partial charge on any atom is -0.366 e. The summed E-state index contributed by atoms with van der Waals surface area (Å²) in [6.07, 6.45) is 1.42. The molecule has 1 heterocycles. The van der Waals surface area contributed by atoms with Crippen LogP contribution in [-0.2, 0) is 11.3 Å². The Morgan fingerprint density at radius 2 is 2.33 bits per heavy atom. The van der Waals surface area contributed by atoms with Gasteiger partial charge in [-0.2, -0.15) is 0 Å². The number of carbonyl (C=O) groups excluding carboxylic acids is 2. The molecule has 1 atom stereocenters. The number of benzene rings is 1. The molecular weight excluding hydrogens is 230 g/mol. The molecule has 2 rings (SSSR count). The van der Waals surface area contributed by atoms with Crippen LogP contribution in [0.25, 0.3) is 0 Å². The van der Waals surface area contributed by atoms with Crippen molar-refractivity contribution in [3.05, 3.63) is 35.4 Å². The van der Waals surface area contributed by atoms with Crippen LogP contribution in [0.3, 0.4) is 0 Å². The minimum absolute atomic E-state index is 0.115. The van der Waals surface area contributed by atoms with E-state index in [0.29, 0.717) is 31.1 Å². The molecule has 1 fully saturated rings. The van der Waals surface area contributed by atoms with Crippen LogP contribution in [0.4, 0.5) is 0 Å². The Morgan fingerprint density at radius 1 is 1.50 bits per heavy atom. The van der Waals surface area contributed by atoms with E-state index in [2.05, 4.69) is 10.6 Å². The van der Waals surface area contributed by atoms with Gasteiger partial charge in [0.1, 0.15) is 0 Å². The van der Waals surface area contributed by atoms with Gasteiger partial charge < -0.3 is 16.4 Å². The van der Waals surface area contributed by atoms with Gasteiger partial charge in [-0.15, -0.1) is 0 Å². The average Bonchev–Trinajstić information content (AvgIpc) is 2.38. The third kappa shape index (κ3) is 3.30. The molecule has 5 nitrogen and oxygen atoms in total. The Hall–Kier alpha value is -1.88. The Morgan fingerprint density at radius 3 is 3.00 bits per heavy atom. The van der Waals surface area contributed by atoms with Gasteiger partial charge in [0.2, 0.25) is 11.8 Å². The molecule has 4 N–H and O–H groups in total. The van der Waals surface area contributed by atoms with Crippen molar-refractivity contribution < 1.29 is 9.59 Å². The number of amides is 2. The van der Waals surface area contributed by atoms with Gasteiger partial charge >= 0.3 is 0 Å². The van der Waals surface area contributed by atoms with E-state index in [0.717, 1.165) is 12.0 Å². The summed E-state index contributed by atoms with van der Waals surface area (Å²) in [4.78, 5) is 22.1. The Balaban J connectivity index is 1.88. The summed E-state index contributed by atoms with van der Waals surface area (Å²) in [6, 6.07) is 7.55. The van der Waals surface area contributed by atoms with Crippen LogP contribution in [0, 0.1) is 0 Å². The number of rotatable bonds is 4. The van der Waals surface area contributed by atoms with Crippen LogP contribution in [0.5, 0.6) is 0 Å². The molecule has 18 heavy (non-hydrogen) atoms. The van der Waals surface area contributed by atoms with E-state index >= 15 is 0 Å². The third-order valence-electron chi connectivity index (χ3n) is 3.07. The Kier molecular flexibility index (Phi) is 3.94. The Bertz CT molecular complexity index is 449. The number of nitrogens with one attached hydrogen (secondary N) is 2. The molecule has 0 spiro atoms. The molecule has 0 aromatic heterocycles. The maximum absolute atomic E-state index is 11.0. The number of nitrogens with two attached hydrogens (primary N) is 1. The molecule has 1 saturated heterocycles. The first-order chi connectivity index (χ1) is 8.65. The molecule has 1 aliphatic heterocycles. The fourth-order valence-electron chi connectivity index (χ4n) is 2.00. The second-order valence-electron chi connectivity index (χ2n) is 4.49. The normalized spacial score (nSPS) is 19.3. The highest BCUT2D eigenvalue weighted by Gasteiger charge is 2.16. The lowest BCUT2D eigenvalue weighted by Crippen LogP contribution is -2.45. The smallest absolute Gasteiger partial charge is 0.248 e. The van der Waals surface area contributed by atoms with Crippen molar-refractivity contribution in [2.24, 2.45) is 5.73 Å². The zero-order chi connectivity index (χ0) is 13.0. The molecule has 1 aliphatic rings. The summed E-state index contributed by atoms with van der Waals surface area (Å²) in [7, 11) is 0. The first-order valence-corrected chi connectivity index (χ1v) is 6.04. The highest BCUT2D eigenvalue weighted by Crippen LogP contribution is 2.07. The highest BCUT2D eigenvalue weighted by molar-refractivity contribution is 5.92. The molecule has 96 valence electrons. The average molecular weight is 247 g/mol. The molecule has 5 heteroatoms. The number of piperidine rings is 1. The topological polar surface area (TPSA) is 84.2 Å². The Labute approximate surface area is 106 Å². The van der Waals surface area contributed by atoms with Gasteiger partial charge in [-0.05, 0) is 24.1 Å². The second-order valence-corrected chi connectivity index (χ2v) is 4.49. The lowest BCUT2D eigenvalue weighted by molar-refractivity contribution is -0.122. The summed E-state index contributed by atoms with van der Waals surface area (Å²) < 4.78 is 0. The molecule has 0 aliphatic carbocycles. The lowest BCUT2D eigenvalue weighted by Gasteiger charge is -2.23. The summed E-state index contributed by atoms with van der Waals surface area (Å²) in [5.74, 6) is -0.300. The fourth-order valence-corrected chi connectivity index (χ4v) is 2.00. The van der Waals surface area contributed by atoms with Crippen LogP contribution in [-0.4, -0.2) is 24.4 Å². The number of primary amides is 1. The van der Waals surface area contributed by atoms with E-state index in [4.69, 9.17) is 5.73 Å². The van der Waals surface area contributed by atoms with Gasteiger partial charge in [0.15, 0.2) is 0 Å². The molecule has 1 aromatic carbocycles. The molecule has 0 bridgehead atoms. The summed E-state index contributed by atoms with van der Waals surface area (Å²) in [5.41, 5.74) is 6.77. The van der Waals surface area contributed by atoms with E-state index in [1.54, 1.807) is 12.1 Å². The highest BCUT2D eigenvalue weighted by atomic mass is 16.2. The third-order valence-corrected chi connectivity index (χ3v) is 3.07. The van der Waals surface area contributed by atoms with Crippen molar-refractivity contribution >= 4 is 11.8 Å². The van der Waals surface area contributed by atoms with Crippen LogP contribution in [0.1, 0.15) is 28.8 Å². The molecule has 2 amide bonds. The van der Waals surface area contributed by atoms with Crippen LogP contribution < -0.4 is 16.4 Å². The van der Waals surface area contributed by atoms with Gasteiger partial charge in [-0.3, -0.25) is 9.59 Å². The van der Waals surface area contributed by atoms with E-state index in [1.807, 2.05) is 12.1 Å². The standard InChI is InChI=1S/C13H17N3O2/c14-13(18)10-3-1-2-9(6-10)7-15-11-4-5-12(17)16-8-11/h1-3,6,11,15H,4-5,7-8H2,(H2,14,18)(H,16,17). The quantitative estimate of drug-likeness (QED) is 0.708. The molecule has 0 radical (unpaired) electrons. The largest absolute Gasteiger partial charge is 0.366 e. The van der Waals surface area contributed by atoms with Crippen molar-refractivity contribution in [3.63, 3.8) is 0 Å².